The van der Waals surface area contributed by atoms with Crippen LogP contribution >= 0.6 is 11.3 Å². The van der Waals surface area contributed by atoms with Crippen LogP contribution in [0.5, 0.6) is 0 Å². The molecule has 1 N–H and O–H groups in total. The second-order valence-corrected chi connectivity index (χ2v) is 5.21. The molecule has 0 spiro atoms. The quantitative estimate of drug-likeness (QED) is 0.779. The maximum atomic E-state index is 5.66. The highest BCUT2D eigenvalue weighted by Crippen LogP contribution is 2.23. The van der Waals surface area contributed by atoms with Crippen molar-refractivity contribution in [3.8, 4) is 0 Å². The summed E-state index contributed by atoms with van der Waals surface area (Å²) in [6.45, 7) is 6.70. The molecule has 2 aromatic rings. The van der Waals surface area contributed by atoms with Crippen LogP contribution in [0.4, 0.5) is 0 Å². The molecule has 4 heteroatoms. The predicted octanol–water partition coefficient (Wildman–Crippen LogP) is 3.37. The van der Waals surface area contributed by atoms with Crippen LogP contribution in [0, 0.1) is 0 Å². The summed E-state index contributed by atoms with van der Waals surface area (Å²) < 4.78 is 6.90. The van der Waals surface area contributed by atoms with Gasteiger partial charge in [0.05, 0.1) is 22.9 Å². The molecule has 3 nitrogen and oxygen atoms in total. The van der Waals surface area contributed by atoms with Crippen molar-refractivity contribution in [1.82, 2.24) is 10.3 Å². The Morgan fingerprint density at radius 3 is 3.11 bits per heavy atom. The molecule has 2 rings (SSSR count). The van der Waals surface area contributed by atoms with Crippen molar-refractivity contribution < 1.29 is 4.74 Å². The molecule has 0 aliphatic heterocycles. The fourth-order valence-electron chi connectivity index (χ4n) is 1.92. The van der Waals surface area contributed by atoms with E-state index in [1.165, 1.54) is 10.3 Å². The highest BCUT2D eigenvalue weighted by molar-refractivity contribution is 7.17. The molecule has 2 aromatic heterocycles. The summed E-state index contributed by atoms with van der Waals surface area (Å²) in [5.41, 5.74) is 2.29. The van der Waals surface area contributed by atoms with E-state index in [-0.39, 0.29) is 6.04 Å². The average Bonchev–Trinajstić information content (AvgIpc) is 2.85. The van der Waals surface area contributed by atoms with Gasteiger partial charge in [0.25, 0.3) is 0 Å². The summed E-state index contributed by atoms with van der Waals surface area (Å²) in [5, 5.41) is 5.53. The van der Waals surface area contributed by atoms with Gasteiger partial charge in [0.2, 0.25) is 0 Å². The van der Waals surface area contributed by atoms with E-state index in [1.807, 2.05) is 6.20 Å². The van der Waals surface area contributed by atoms with E-state index >= 15 is 0 Å². The number of nitrogens with zero attached hydrogens (tertiary/aromatic N) is 1. The minimum Gasteiger partial charge on any atom is -0.379 e. The second kappa shape index (κ2) is 6.83. The molecule has 0 radical (unpaired) electrons. The largest absolute Gasteiger partial charge is 0.379 e. The number of thiophene rings is 1. The molecule has 1 unspecified atom stereocenters. The number of likely N-dealkylation sites (N-methyl/N-ethyl adjacent to an activating group) is 1. The number of pyridine rings is 1. The van der Waals surface area contributed by atoms with Crippen molar-refractivity contribution in [2.45, 2.75) is 26.3 Å². The summed E-state index contributed by atoms with van der Waals surface area (Å²) in [7, 11) is 0. The van der Waals surface area contributed by atoms with Crippen molar-refractivity contribution in [3.05, 3.63) is 29.3 Å². The normalized spacial score (nSPS) is 13.0. The Labute approximate surface area is 112 Å². The van der Waals surface area contributed by atoms with Crippen molar-refractivity contribution >= 4 is 21.6 Å². The van der Waals surface area contributed by atoms with Crippen LogP contribution in [0.25, 0.3) is 10.2 Å². The summed E-state index contributed by atoms with van der Waals surface area (Å²) in [4.78, 5) is 4.49. The van der Waals surface area contributed by atoms with Gasteiger partial charge in [-0.2, -0.15) is 0 Å². The second-order valence-electron chi connectivity index (χ2n) is 4.26. The summed E-state index contributed by atoms with van der Waals surface area (Å²) in [6, 6.07) is 4.51. The van der Waals surface area contributed by atoms with Gasteiger partial charge in [-0.25, -0.2) is 0 Å². The smallest absolute Gasteiger partial charge is 0.0809 e. The number of fused-ring (bicyclic) bond motifs is 1. The first-order chi connectivity index (χ1) is 8.85. The minimum atomic E-state index is 0.237. The lowest BCUT2D eigenvalue weighted by Crippen LogP contribution is -2.25. The molecular formula is C14H20N2OS. The van der Waals surface area contributed by atoms with Crippen molar-refractivity contribution in [2.24, 2.45) is 0 Å². The first kappa shape index (κ1) is 13.5. The molecule has 98 valence electrons. The van der Waals surface area contributed by atoms with Crippen molar-refractivity contribution in [2.75, 3.05) is 19.8 Å². The van der Waals surface area contributed by atoms with Crippen LogP contribution < -0.4 is 5.32 Å². The fourth-order valence-corrected chi connectivity index (χ4v) is 2.71. The van der Waals surface area contributed by atoms with Crippen LogP contribution in [0.3, 0.4) is 0 Å². The van der Waals surface area contributed by atoms with Gasteiger partial charge in [0.15, 0.2) is 0 Å². The maximum absolute atomic E-state index is 5.66. The Morgan fingerprint density at radius 2 is 2.33 bits per heavy atom. The molecule has 0 amide bonds. The first-order valence-electron chi connectivity index (χ1n) is 6.49. The number of rotatable bonds is 7. The summed E-state index contributed by atoms with van der Waals surface area (Å²) >= 11 is 1.73. The van der Waals surface area contributed by atoms with E-state index < -0.39 is 0 Å². The van der Waals surface area contributed by atoms with E-state index in [0.717, 1.165) is 25.1 Å². The van der Waals surface area contributed by atoms with Crippen LogP contribution in [0.15, 0.2) is 23.7 Å². The third kappa shape index (κ3) is 3.28. The fraction of sp³-hybridized carbons (Fsp3) is 0.500. The van der Waals surface area contributed by atoms with E-state index in [4.69, 9.17) is 4.74 Å². The van der Waals surface area contributed by atoms with E-state index in [2.05, 4.69) is 41.7 Å². The van der Waals surface area contributed by atoms with Crippen LogP contribution in [-0.2, 0) is 4.74 Å². The zero-order valence-corrected chi connectivity index (χ0v) is 11.8. The molecule has 0 bridgehead atoms. The molecule has 0 aliphatic carbocycles. The highest BCUT2D eigenvalue weighted by atomic mass is 32.1. The lowest BCUT2D eigenvalue weighted by Gasteiger charge is -2.18. The molecule has 18 heavy (non-hydrogen) atoms. The van der Waals surface area contributed by atoms with Crippen LogP contribution in [0.2, 0.25) is 0 Å². The minimum absolute atomic E-state index is 0.237. The van der Waals surface area contributed by atoms with Crippen LogP contribution in [0.1, 0.15) is 31.9 Å². The molecule has 0 aromatic carbocycles. The molecule has 0 saturated heterocycles. The number of nitrogens with one attached hydrogen (secondary N) is 1. The zero-order valence-electron chi connectivity index (χ0n) is 11.0. The maximum Gasteiger partial charge on any atom is 0.0809 e. The van der Waals surface area contributed by atoms with E-state index in [0.29, 0.717) is 6.61 Å². The SMILES string of the molecule is CCCOCC(NCC)c1cnc2ccsc2c1. The number of hydrogen-bond donors (Lipinski definition) is 1. The monoisotopic (exact) mass is 264 g/mol. The number of ether oxygens (including phenoxy) is 1. The Morgan fingerprint density at radius 1 is 1.44 bits per heavy atom. The summed E-state index contributed by atoms with van der Waals surface area (Å²) in [5.74, 6) is 0. The van der Waals surface area contributed by atoms with E-state index in [1.54, 1.807) is 11.3 Å². The third-order valence-electron chi connectivity index (χ3n) is 2.81. The van der Waals surface area contributed by atoms with Gasteiger partial charge in [0.1, 0.15) is 0 Å². The summed E-state index contributed by atoms with van der Waals surface area (Å²) in [6.07, 6.45) is 3.01. The molecule has 2 heterocycles. The standard InChI is InChI=1S/C14H20N2OS/c1-3-6-17-10-13(15-4-2)11-8-14-12(16-9-11)5-7-18-14/h5,7-9,13,15H,3-4,6,10H2,1-2H3. The molecule has 1 atom stereocenters. The van der Waals surface area contributed by atoms with Gasteiger partial charge < -0.3 is 10.1 Å². The Bertz CT molecular complexity index is 483. The van der Waals surface area contributed by atoms with Crippen LogP contribution in [-0.4, -0.2) is 24.7 Å². The number of aromatic nitrogens is 1. The first-order valence-corrected chi connectivity index (χ1v) is 7.37. The van der Waals surface area contributed by atoms with Gasteiger partial charge in [0, 0.05) is 12.8 Å². The lowest BCUT2D eigenvalue weighted by molar-refractivity contribution is 0.112. The van der Waals surface area contributed by atoms with E-state index in [9.17, 15) is 0 Å². The Kier molecular flexibility index (Phi) is 5.11. The molecule has 0 fully saturated rings. The average molecular weight is 264 g/mol. The van der Waals surface area contributed by atoms with Crippen molar-refractivity contribution in [3.63, 3.8) is 0 Å². The highest BCUT2D eigenvalue weighted by Gasteiger charge is 2.11. The molecular weight excluding hydrogens is 244 g/mol. The lowest BCUT2D eigenvalue weighted by atomic mass is 10.1. The van der Waals surface area contributed by atoms with Gasteiger partial charge in [-0.3, -0.25) is 4.98 Å². The zero-order chi connectivity index (χ0) is 12.8. The number of hydrogen-bond acceptors (Lipinski definition) is 4. The predicted molar refractivity (Wildman–Crippen MR) is 77.1 cm³/mol. The molecule has 0 saturated carbocycles. The molecule has 0 aliphatic rings. The Hall–Kier alpha value is -0.970. The van der Waals surface area contributed by atoms with Crippen molar-refractivity contribution in [1.29, 1.82) is 0 Å². The van der Waals surface area contributed by atoms with Gasteiger partial charge in [-0.15, -0.1) is 11.3 Å². The van der Waals surface area contributed by atoms with Gasteiger partial charge in [-0.05, 0) is 36.0 Å². The van der Waals surface area contributed by atoms with Gasteiger partial charge in [-0.1, -0.05) is 13.8 Å². The third-order valence-corrected chi connectivity index (χ3v) is 3.66. The van der Waals surface area contributed by atoms with Gasteiger partial charge >= 0.3 is 0 Å². The Balaban J connectivity index is 2.12. The topological polar surface area (TPSA) is 34.1 Å².